The van der Waals surface area contributed by atoms with E-state index in [1.807, 2.05) is 19.1 Å². The van der Waals surface area contributed by atoms with E-state index < -0.39 is 11.9 Å². The fourth-order valence-corrected chi connectivity index (χ4v) is 2.31. The van der Waals surface area contributed by atoms with E-state index in [4.69, 9.17) is 16.3 Å². The highest BCUT2D eigenvalue weighted by molar-refractivity contribution is 6.31. The van der Waals surface area contributed by atoms with Crippen molar-refractivity contribution in [2.45, 2.75) is 25.9 Å². The van der Waals surface area contributed by atoms with Gasteiger partial charge in [0.25, 0.3) is 0 Å². The average Bonchev–Trinajstić information content (AvgIpc) is 2.49. The SMILES string of the molecule is CCCOc1cccc(C(O)Cc2c(F)cccc2Cl)c1. The third-order valence-corrected chi connectivity index (χ3v) is 3.53. The molecule has 0 radical (unpaired) electrons. The first kappa shape index (κ1) is 15.8. The third-order valence-electron chi connectivity index (χ3n) is 3.17. The maximum atomic E-state index is 13.8. The van der Waals surface area contributed by atoms with E-state index in [1.54, 1.807) is 24.3 Å². The maximum absolute atomic E-state index is 13.8. The second-order valence-electron chi connectivity index (χ2n) is 4.84. The molecule has 2 rings (SSSR count). The molecule has 0 bridgehead atoms. The topological polar surface area (TPSA) is 29.5 Å². The first-order chi connectivity index (χ1) is 10.1. The highest BCUT2D eigenvalue weighted by Gasteiger charge is 2.15. The number of rotatable bonds is 6. The van der Waals surface area contributed by atoms with Gasteiger partial charge in [-0.2, -0.15) is 0 Å². The lowest BCUT2D eigenvalue weighted by Crippen LogP contribution is -2.05. The fraction of sp³-hybridized carbons (Fsp3) is 0.294. The standard InChI is InChI=1S/C17H18ClFO2/c1-2-9-21-13-6-3-5-12(10-13)17(20)11-14-15(18)7-4-8-16(14)19/h3-8,10,17,20H,2,9,11H2,1H3. The van der Waals surface area contributed by atoms with Crippen molar-refractivity contribution in [3.8, 4) is 5.75 Å². The lowest BCUT2D eigenvalue weighted by Gasteiger charge is -2.14. The summed E-state index contributed by atoms with van der Waals surface area (Å²) in [6.45, 7) is 2.65. The Balaban J connectivity index is 2.14. The van der Waals surface area contributed by atoms with Gasteiger partial charge in [0, 0.05) is 17.0 Å². The van der Waals surface area contributed by atoms with Crippen LogP contribution < -0.4 is 4.74 Å². The van der Waals surface area contributed by atoms with E-state index in [0.29, 0.717) is 28.5 Å². The van der Waals surface area contributed by atoms with Gasteiger partial charge in [-0.1, -0.05) is 36.7 Å². The summed E-state index contributed by atoms with van der Waals surface area (Å²) >= 11 is 5.99. The Labute approximate surface area is 129 Å². The molecular weight excluding hydrogens is 291 g/mol. The smallest absolute Gasteiger partial charge is 0.127 e. The molecule has 2 nitrogen and oxygen atoms in total. The van der Waals surface area contributed by atoms with Crippen LogP contribution in [0.15, 0.2) is 42.5 Å². The molecule has 112 valence electrons. The number of aliphatic hydroxyl groups excluding tert-OH is 1. The van der Waals surface area contributed by atoms with Gasteiger partial charge >= 0.3 is 0 Å². The molecule has 0 aliphatic heterocycles. The Hall–Kier alpha value is -1.58. The average molecular weight is 309 g/mol. The quantitative estimate of drug-likeness (QED) is 0.848. The zero-order valence-corrected chi connectivity index (χ0v) is 12.6. The summed E-state index contributed by atoms with van der Waals surface area (Å²) in [6.07, 6.45) is 0.213. The molecule has 1 N–H and O–H groups in total. The van der Waals surface area contributed by atoms with Crippen LogP contribution in [0.5, 0.6) is 5.75 Å². The van der Waals surface area contributed by atoms with Gasteiger partial charge in [-0.25, -0.2) is 4.39 Å². The molecule has 1 unspecified atom stereocenters. The molecule has 0 spiro atoms. The Morgan fingerprint density at radius 3 is 2.71 bits per heavy atom. The van der Waals surface area contributed by atoms with Crippen molar-refractivity contribution < 1.29 is 14.2 Å². The van der Waals surface area contributed by atoms with Crippen LogP contribution in [0, 0.1) is 5.82 Å². The van der Waals surface area contributed by atoms with E-state index in [0.717, 1.165) is 6.42 Å². The van der Waals surface area contributed by atoms with Crippen LogP contribution in [0.2, 0.25) is 5.02 Å². The molecule has 0 fully saturated rings. The summed E-state index contributed by atoms with van der Waals surface area (Å²) in [5.74, 6) is 0.299. The molecule has 2 aromatic rings. The van der Waals surface area contributed by atoms with E-state index >= 15 is 0 Å². The van der Waals surface area contributed by atoms with Crippen LogP contribution >= 0.6 is 11.6 Å². The van der Waals surface area contributed by atoms with Gasteiger partial charge in [0.1, 0.15) is 11.6 Å². The van der Waals surface area contributed by atoms with Crippen molar-refractivity contribution in [1.82, 2.24) is 0 Å². The number of hydrogen-bond donors (Lipinski definition) is 1. The third kappa shape index (κ3) is 4.19. The molecule has 0 aromatic heterocycles. The number of benzene rings is 2. The summed E-state index contributed by atoms with van der Waals surface area (Å²) in [4.78, 5) is 0. The minimum absolute atomic E-state index is 0.128. The number of halogens is 2. The maximum Gasteiger partial charge on any atom is 0.127 e. The molecule has 0 amide bonds. The molecule has 21 heavy (non-hydrogen) atoms. The van der Waals surface area contributed by atoms with E-state index in [9.17, 15) is 9.50 Å². The van der Waals surface area contributed by atoms with Crippen molar-refractivity contribution in [3.05, 3.63) is 64.4 Å². The summed E-state index contributed by atoms with van der Waals surface area (Å²) in [6, 6.07) is 11.7. The monoisotopic (exact) mass is 308 g/mol. The van der Waals surface area contributed by atoms with Gasteiger partial charge in [0.2, 0.25) is 0 Å². The van der Waals surface area contributed by atoms with Crippen LogP contribution in [0.25, 0.3) is 0 Å². The molecule has 4 heteroatoms. The van der Waals surface area contributed by atoms with Crippen molar-refractivity contribution in [2.24, 2.45) is 0 Å². The molecule has 0 heterocycles. The highest BCUT2D eigenvalue weighted by atomic mass is 35.5. The van der Waals surface area contributed by atoms with Crippen LogP contribution in [0.1, 0.15) is 30.6 Å². The van der Waals surface area contributed by atoms with Gasteiger partial charge < -0.3 is 9.84 Å². The predicted octanol–water partition coefficient (Wildman–Crippen LogP) is 4.54. The fourth-order valence-electron chi connectivity index (χ4n) is 2.07. The Morgan fingerprint density at radius 1 is 1.24 bits per heavy atom. The van der Waals surface area contributed by atoms with Crippen LogP contribution in [-0.4, -0.2) is 11.7 Å². The first-order valence-electron chi connectivity index (χ1n) is 6.95. The summed E-state index contributed by atoms with van der Waals surface area (Å²) in [7, 11) is 0. The minimum atomic E-state index is -0.829. The second kappa shape index (κ2) is 7.43. The largest absolute Gasteiger partial charge is 0.494 e. The molecule has 0 aliphatic rings. The number of aliphatic hydroxyl groups is 1. The second-order valence-corrected chi connectivity index (χ2v) is 5.25. The van der Waals surface area contributed by atoms with Gasteiger partial charge in [-0.15, -0.1) is 0 Å². The van der Waals surface area contributed by atoms with E-state index in [-0.39, 0.29) is 6.42 Å². The zero-order chi connectivity index (χ0) is 15.2. The highest BCUT2D eigenvalue weighted by Crippen LogP contribution is 2.27. The lowest BCUT2D eigenvalue weighted by molar-refractivity contribution is 0.176. The van der Waals surface area contributed by atoms with Gasteiger partial charge in [0.05, 0.1) is 12.7 Å². The molecular formula is C17H18ClFO2. The van der Waals surface area contributed by atoms with Gasteiger partial charge in [-0.3, -0.25) is 0 Å². The van der Waals surface area contributed by atoms with Crippen molar-refractivity contribution in [2.75, 3.05) is 6.61 Å². The number of hydrogen-bond acceptors (Lipinski definition) is 2. The van der Waals surface area contributed by atoms with Crippen molar-refractivity contribution in [3.63, 3.8) is 0 Å². The predicted molar refractivity (Wildman–Crippen MR) is 82.3 cm³/mol. The van der Waals surface area contributed by atoms with E-state index in [2.05, 4.69) is 0 Å². The molecule has 0 aliphatic carbocycles. The Bertz CT molecular complexity index is 581. The molecule has 0 saturated heterocycles. The Morgan fingerprint density at radius 2 is 2.00 bits per heavy atom. The molecule has 2 aromatic carbocycles. The van der Waals surface area contributed by atoms with Gasteiger partial charge in [0.15, 0.2) is 0 Å². The Kier molecular flexibility index (Phi) is 5.59. The normalized spacial score (nSPS) is 12.2. The molecule has 1 atom stereocenters. The van der Waals surface area contributed by atoms with Crippen LogP contribution in [0.3, 0.4) is 0 Å². The van der Waals surface area contributed by atoms with Crippen molar-refractivity contribution >= 4 is 11.6 Å². The van der Waals surface area contributed by atoms with Crippen LogP contribution in [0.4, 0.5) is 4.39 Å². The minimum Gasteiger partial charge on any atom is -0.494 e. The molecule has 0 saturated carbocycles. The summed E-state index contributed by atoms with van der Waals surface area (Å²) < 4.78 is 19.3. The summed E-state index contributed by atoms with van der Waals surface area (Å²) in [5.41, 5.74) is 1.01. The lowest BCUT2D eigenvalue weighted by atomic mass is 10.0. The van der Waals surface area contributed by atoms with E-state index in [1.165, 1.54) is 6.07 Å². The van der Waals surface area contributed by atoms with Crippen LogP contribution in [-0.2, 0) is 6.42 Å². The summed E-state index contributed by atoms with van der Waals surface area (Å²) in [5, 5.41) is 10.6. The van der Waals surface area contributed by atoms with Gasteiger partial charge in [-0.05, 0) is 36.2 Å². The first-order valence-corrected chi connectivity index (χ1v) is 7.33. The zero-order valence-electron chi connectivity index (χ0n) is 11.9. The van der Waals surface area contributed by atoms with Crippen molar-refractivity contribution in [1.29, 1.82) is 0 Å². The number of ether oxygens (including phenoxy) is 1.